The molecule has 0 radical (unpaired) electrons. The lowest BCUT2D eigenvalue weighted by Crippen LogP contribution is -2.67. The predicted octanol–water partition coefficient (Wildman–Crippen LogP) is 4.24. The summed E-state index contributed by atoms with van der Waals surface area (Å²) >= 11 is 0. The van der Waals surface area contributed by atoms with E-state index in [4.69, 9.17) is 9.47 Å². The molecule has 4 fully saturated rings. The van der Waals surface area contributed by atoms with Gasteiger partial charge in [0.05, 0.1) is 0 Å². The first-order valence-electron chi connectivity index (χ1n) is 11.0. The average Bonchev–Trinajstić information content (AvgIpc) is 2.84. The highest BCUT2D eigenvalue weighted by molar-refractivity contribution is 5.86. The van der Waals surface area contributed by atoms with Crippen molar-refractivity contribution in [1.82, 2.24) is 0 Å². The number of ether oxygens (including phenoxy) is 2. The second-order valence-corrected chi connectivity index (χ2v) is 11.0. The zero-order valence-corrected chi connectivity index (χ0v) is 18.4. The Bertz CT molecular complexity index is 782. The molecule has 5 heteroatoms. The number of carbonyl (C=O) groups excluding carboxylic acids is 3. The fourth-order valence-corrected chi connectivity index (χ4v) is 8.13. The maximum Gasteiger partial charge on any atom is 0.302 e. The Kier molecular flexibility index (Phi) is 4.57. The third kappa shape index (κ3) is 2.90. The SMILES string of the molecule is C=C1C[C@]23C[C@H]1C(=O)C[C@H]2[C@]1(C)[C@@H](OC(C)=O)CCC(C)(C)[C@H]1[C@@H](OC(C)=O)C3. The van der Waals surface area contributed by atoms with Crippen LogP contribution in [0.15, 0.2) is 12.2 Å². The molecule has 7 atom stereocenters. The van der Waals surface area contributed by atoms with E-state index in [1.165, 1.54) is 13.8 Å². The highest BCUT2D eigenvalue weighted by Gasteiger charge is 2.71. The van der Waals surface area contributed by atoms with E-state index >= 15 is 0 Å². The van der Waals surface area contributed by atoms with Gasteiger partial charge in [-0.25, -0.2) is 0 Å². The summed E-state index contributed by atoms with van der Waals surface area (Å²) in [5, 5.41) is 0. The van der Waals surface area contributed by atoms with E-state index in [0.717, 1.165) is 37.7 Å². The Morgan fingerprint density at radius 1 is 1.07 bits per heavy atom. The lowest BCUT2D eigenvalue weighted by molar-refractivity contribution is -0.247. The van der Waals surface area contributed by atoms with Gasteiger partial charge in [-0.1, -0.05) is 32.9 Å². The molecule has 4 aliphatic rings. The van der Waals surface area contributed by atoms with Crippen molar-refractivity contribution in [2.45, 2.75) is 85.4 Å². The molecule has 1 spiro atoms. The summed E-state index contributed by atoms with van der Waals surface area (Å²) < 4.78 is 11.9. The van der Waals surface area contributed by atoms with Crippen LogP contribution >= 0.6 is 0 Å². The summed E-state index contributed by atoms with van der Waals surface area (Å²) in [6.45, 7) is 13.8. The van der Waals surface area contributed by atoms with Gasteiger partial charge in [0, 0.05) is 37.5 Å². The lowest BCUT2D eigenvalue weighted by atomic mass is 9.39. The van der Waals surface area contributed by atoms with Crippen LogP contribution in [0.3, 0.4) is 0 Å². The maximum absolute atomic E-state index is 13.0. The van der Waals surface area contributed by atoms with Crippen LogP contribution in [-0.2, 0) is 23.9 Å². The van der Waals surface area contributed by atoms with E-state index in [-0.39, 0.29) is 58.5 Å². The zero-order chi connectivity index (χ0) is 21.4. The summed E-state index contributed by atoms with van der Waals surface area (Å²) in [4.78, 5) is 37.1. The quantitative estimate of drug-likeness (QED) is 0.510. The van der Waals surface area contributed by atoms with Crippen LogP contribution in [0, 0.1) is 34.0 Å². The van der Waals surface area contributed by atoms with Gasteiger partial charge < -0.3 is 9.47 Å². The van der Waals surface area contributed by atoms with Crippen molar-refractivity contribution in [2.75, 3.05) is 0 Å². The minimum absolute atomic E-state index is 0.0332. The second-order valence-electron chi connectivity index (χ2n) is 11.0. The molecule has 0 N–H and O–H groups in total. The molecule has 0 amide bonds. The van der Waals surface area contributed by atoms with Crippen molar-refractivity contribution in [3.63, 3.8) is 0 Å². The number of hydrogen-bond acceptors (Lipinski definition) is 5. The molecule has 29 heavy (non-hydrogen) atoms. The molecule has 0 aromatic heterocycles. The van der Waals surface area contributed by atoms with Crippen LogP contribution in [0.5, 0.6) is 0 Å². The molecule has 5 nitrogen and oxygen atoms in total. The number of ketones is 1. The van der Waals surface area contributed by atoms with Gasteiger partial charge >= 0.3 is 11.9 Å². The van der Waals surface area contributed by atoms with Gasteiger partial charge in [-0.15, -0.1) is 0 Å². The smallest absolute Gasteiger partial charge is 0.302 e. The number of fused-ring (bicyclic) bond motifs is 3. The fourth-order valence-electron chi connectivity index (χ4n) is 8.13. The first-order valence-corrected chi connectivity index (χ1v) is 11.0. The van der Waals surface area contributed by atoms with Gasteiger partial charge in [0.15, 0.2) is 0 Å². The molecule has 0 aromatic rings. The summed E-state index contributed by atoms with van der Waals surface area (Å²) in [6.07, 6.45) is 4.06. The number of hydrogen-bond donors (Lipinski definition) is 0. The van der Waals surface area contributed by atoms with E-state index < -0.39 is 5.41 Å². The summed E-state index contributed by atoms with van der Waals surface area (Å²) in [7, 11) is 0. The number of allylic oxidation sites excluding steroid dienone is 1. The Labute approximate surface area is 173 Å². The van der Waals surface area contributed by atoms with E-state index in [0.29, 0.717) is 6.42 Å². The third-order valence-corrected chi connectivity index (χ3v) is 8.83. The van der Waals surface area contributed by atoms with E-state index in [2.05, 4.69) is 27.4 Å². The van der Waals surface area contributed by atoms with Crippen LogP contribution < -0.4 is 0 Å². The van der Waals surface area contributed by atoms with Gasteiger partial charge in [-0.2, -0.15) is 0 Å². The number of Topliss-reactive ketones (excluding diaryl/α,β-unsaturated/α-hetero) is 1. The van der Waals surface area contributed by atoms with Crippen molar-refractivity contribution in [1.29, 1.82) is 0 Å². The van der Waals surface area contributed by atoms with E-state index in [1.54, 1.807) is 0 Å². The highest BCUT2D eigenvalue weighted by atomic mass is 16.6. The molecular weight excluding hydrogens is 368 g/mol. The Morgan fingerprint density at radius 3 is 2.34 bits per heavy atom. The average molecular weight is 403 g/mol. The molecule has 2 bridgehead atoms. The summed E-state index contributed by atoms with van der Waals surface area (Å²) in [6, 6.07) is 0. The van der Waals surface area contributed by atoms with Crippen molar-refractivity contribution in [3.8, 4) is 0 Å². The predicted molar refractivity (Wildman–Crippen MR) is 108 cm³/mol. The molecule has 0 unspecified atom stereocenters. The number of esters is 2. The Balaban J connectivity index is 1.87. The monoisotopic (exact) mass is 402 g/mol. The van der Waals surface area contributed by atoms with Gasteiger partial charge in [0.1, 0.15) is 18.0 Å². The van der Waals surface area contributed by atoms with Crippen molar-refractivity contribution < 1.29 is 23.9 Å². The Hall–Kier alpha value is -1.65. The third-order valence-electron chi connectivity index (χ3n) is 8.83. The van der Waals surface area contributed by atoms with E-state index in [1.807, 2.05) is 0 Å². The fraction of sp³-hybridized carbons (Fsp3) is 0.792. The number of carbonyl (C=O) groups is 3. The van der Waals surface area contributed by atoms with Gasteiger partial charge in [0.2, 0.25) is 0 Å². The number of rotatable bonds is 2. The second kappa shape index (κ2) is 6.42. The molecule has 0 aromatic carbocycles. The largest absolute Gasteiger partial charge is 0.462 e. The van der Waals surface area contributed by atoms with Gasteiger partial charge in [0.25, 0.3) is 0 Å². The zero-order valence-electron chi connectivity index (χ0n) is 18.4. The van der Waals surface area contributed by atoms with E-state index in [9.17, 15) is 14.4 Å². The molecule has 4 aliphatic carbocycles. The molecule has 0 saturated heterocycles. The molecular formula is C24H34O5. The van der Waals surface area contributed by atoms with Crippen molar-refractivity contribution in [3.05, 3.63) is 12.2 Å². The van der Waals surface area contributed by atoms with Gasteiger partial charge in [-0.3, -0.25) is 14.4 Å². The standard InChI is InChI=1S/C24H34O5/c1-13-10-24-11-16(13)17(27)9-19(24)23(6)20(29-15(3)26)7-8-22(4,5)21(23)18(12-24)28-14(2)25/h16,18-21H,1,7-12H2,2-6H3/t16-,18+,19+,20+,21-,23-,24-/m1/s1. The molecule has 0 heterocycles. The topological polar surface area (TPSA) is 69.7 Å². The Morgan fingerprint density at radius 2 is 1.72 bits per heavy atom. The van der Waals surface area contributed by atoms with Crippen LogP contribution in [0.4, 0.5) is 0 Å². The van der Waals surface area contributed by atoms with Gasteiger partial charge in [-0.05, 0) is 48.9 Å². The minimum Gasteiger partial charge on any atom is -0.462 e. The lowest BCUT2D eigenvalue weighted by Gasteiger charge is -2.66. The highest BCUT2D eigenvalue weighted by Crippen LogP contribution is 2.72. The first kappa shape index (κ1) is 20.6. The van der Waals surface area contributed by atoms with Crippen LogP contribution in [0.2, 0.25) is 0 Å². The summed E-state index contributed by atoms with van der Waals surface area (Å²) in [5.74, 6) is -0.186. The minimum atomic E-state index is -0.420. The maximum atomic E-state index is 13.0. The normalized spacial score (nSPS) is 45.2. The van der Waals surface area contributed by atoms with Crippen molar-refractivity contribution >= 4 is 17.7 Å². The van der Waals surface area contributed by atoms with Crippen molar-refractivity contribution in [2.24, 2.45) is 34.0 Å². The molecule has 4 rings (SSSR count). The summed E-state index contributed by atoms with van der Waals surface area (Å²) in [5.41, 5.74) is 0.423. The van der Waals surface area contributed by atoms with Crippen LogP contribution in [0.25, 0.3) is 0 Å². The molecule has 4 saturated carbocycles. The molecule has 160 valence electrons. The van der Waals surface area contributed by atoms with Crippen LogP contribution in [0.1, 0.15) is 73.1 Å². The first-order chi connectivity index (χ1) is 13.4. The molecule has 0 aliphatic heterocycles. The van der Waals surface area contributed by atoms with Crippen LogP contribution in [-0.4, -0.2) is 29.9 Å².